The highest BCUT2D eigenvalue weighted by atomic mass is 31.2. The van der Waals surface area contributed by atoms with E-state index in [1.165, 1.54) is 12.1 Å². The summed E-state index contributed by atoms with van der Waals surface area (Å²) < 4.78 is 43.9. The van der Waals surface area contributed by atoms with Crippen LogP contribution in [-0.2, 0) is 9.13 Å². The van der Waals surface area contributed by atoms with Crippen molar-refractivity contribution in [1.82, 2.24) is 0 Å². The van der Waals surface area contributed by atoms with Gasteiger partial charge in [-0.25, -0.2) is 4.39 Å². The third-order valence-corrected chi connectivity index (χ3v) is 15.2. The van der Waals surface area contributed by atoms with Gasteiger partial charge in [0.15, 0.2) is 7.14 Å². The fourth-order valence-electron chi connectivity index (χ4n) is 8.12. The Morgan fingerprint density at radius 2 is 0.980 bits per heavy atom. The first-order chi connectivity index (χ1) is 24.0. The molecule has 0 spiro atoms. The van der Waals surface area contributed by atoms with E-state index in [1.807, 2.05) is 66.7 Å². The van der Waals surface area contributed by atoms with E-state index in [4.69, 9.17) is 0 Å². The maximum absolute atomic E-state index is 15.7. The Morgan fingerprint density at radius 1 is 0.449 bits per heavy atom. The summed E-state index contributed by atoms with van der Waals surface area (Å²) in [7, 11) is -5.55. The number of fused-ring (bicyclic) bond motifs is 8. The largest absolute Gasteiger partial charge is 0.317 e. The van der Waals surface area contributed by atoms with E-state index in [0.717, 1.165) is 87.3 Å². The molecule has 2 aliphatic heterocycles. The summed E-state index contributed by atoms with van der Waals surface area (Å²) in [5, 5.41) is 8.06. The molecule has 2 heterocycles. The van der Waals surface area contributed by atoms with Crippen molar-refractivity contribution in [3.05, 3.63) is 164 Å². The van der Waals surface area contributed by atoms with E-state index in [-0.39, 0.29) is 5.82 Å². The fraction of sp³-hybridized carbons (Fsp3) is 0. The molecular formula is C44H27FO2P2. The van der Waals surface area contributed by atoms with E-state index in [1.54, 1.807) is 12.1 Å². The Balaban J connectivity index is 1.42. The smallest absolute Gasteiger partial charge is 0.172 e. The fourth-order valence-corrected chi connectivity index (χ4v) is 12.9. The van der Waals surface area contributed by atoms with E-state index < -0.39 is 14.9 Å². The average Bonchev–Trinajstić information content (AvgIpc) is 3.57. The molecular weight excluding hydrogens is 641 g/mol. The summed E-state index contributed by atoms with van der Waals surface area (Å²) in [4.78, 5) is 0. The van der Waals surface area contributed by atoms with Gasteiger partial charge in [-0.2, -0.15) is 0 Å². The standard InChI is InChI=1S/C44H27FO2P2/c45-29-19-21-30(22-20-29)49(47)41-18-10-8-16-32(41)34-24-36-38(26-42(34)49)44(28-13-5-2-6-14-28)35-23-33-31-15-7-9-17-39(31)48(46)40(33)25-37(35)43(36)27-11-3-1-4-12-27/h1-26,48H. The predicted molar refractivity (Wildman–Crippen MR) is 204 cm³/mol. The minimum Gasteiger partial charge on any atom is -0.317 e. The van der Waals surface area contributed by atoms with Gasteiger partial charge in [0.1, 0.15) is 13.6 Å². The molecule has 10 rings (SSSR count). The van der Waals surface area contributed by atoms with Crippen LogP contribution in [-0.4, -0.2) is 0 Å². The Kier molecular flexibility index (Phi) is 6.19. The summed E-state index contributed by atoms with van der Waals surface area (Å²) in [5.74, 6) is -0.358. The molecule has 232 valence electrons. The minimum absolute atomic E-state index is 0.358. The lowest BCUT2D eigenvalue weighted by atomic mass is 9.84. The number of benzene rings is 8. The highest BCUT2D eigenvalue weighted by molar-refractivity contribution is 7.86. The molecule has 2 nitrogen and oxygen atoms in total. The van der Waals surface area contributed by atoms with Gasteiger partial charge in [0.25, 0.3) is 0 Å². The van der Waals surface area contributed by atoms with Crippen molar-refractivity contribution in [3.63, 3.8) is 0 Å². The van der Waals surface area contributed by atoms with Crippen molar-refractivity contribution in [2.45, 2.75) is 0 Å². The van der Waals surface area contributed by atoms with Gasteiger partial charge < -0.3 is 9.13 Å². The summed E-state index contributed by atoms with van der Waals surface area (Å²) >= 11 is 0. The van der Waals surface area contributed by atoms with Crippen LogP contribution >= 0.6 is 14.9 Å². The molecule has 2 aliphatic rings. The zero-order valence-electron chi connectivity index (χ0n) is 26.2. The van der Waals surface area contributed by atoms with Gasteiger partial charge in [-0.1, -0.05) is 109 Å². The first-order valence-corrected chi connectivity index (χ1v) is 19.5. The Morgan fingerprint density at radius 3 is 1.65 bits per heavy atom. The summed E-state index contributed by atoms with van der Waals surface area (Å²) in [6, 6.07) is 51.6. The maximum Gasteiger partial charge on any atom is 0.172 e. The van der Waals surface area contributed by atoms with Crippen molar-refractivity contribution < 1.29 is 13.5 Å². The van der Waals surface area contributed by atoms with Crippen molar-refractivity contribution in [1.29, 1.82) is 0 Å². The zero-order valence-corrected chi connectivity index (χ0v) is 28.0. The van der Waals surface area contributed by atoms with Gasteiger partial charge in [0.05, 0.1) is 0 Å². The van der Waals surface area contributed by atoms with Crippen molar-refractivity contribution in [2.75, 3.05) is 0 Å². The van der Waals surface area contributed by atoms with Crippen LogP contribution < -0.4 is 26.5 Å². The van der Waals surface area contributed by atoms with Crippen molar-refractivity contribution >= 4 is 63.0 Å². The van der Waals surface area contributed by atoms with E-state index in [9.17, 15) is 8.96 Å². The van der Waals surface area contributed by atoms with Crippen molar-refractivity contribution in [3.8, 4) is 44.5 Å². The first-order valence-electron chi connectivity index (χ1n) is 16.4. The van der Waals surface area contributed by atoms with E-state index in [0.29, 0.717) is 5.30 Å². The van der Waals surface area contributed by atoms with Crippen LogP contribution in [0.5, 0.6) is 0 Å². The quantitative estimate of drug-likeness (QED) is 0.139. The van der Waals surface area contributed by atoms with Crippen LogP contribution in [0.25, 0.3) is 66.1 Å². The van der Waals surface area contributed by atoms with Crippen LogP contribution in [0.1, 0.15) is 0 Å². The SMILES string of the molecule is O=[PH]1c2ccccc2-c2cc3c(-c4ccccc4)c4cc5c(cc4c(-c4ccccc4)c3cc21)-c1ccccc1P5(=O)c1ccc(F)cc1. The summed E-state index contributed by atoms with van der Waals surface area (Å²) in [5.41, 5.74) is 8.09. The van der Waals surface area contributed by atoms with Crippen LogP contribution in [0.3, 0.4) is 0 Å². The Hall–Kier alpha value is -5.33. The molecule has 8 aromatic rings. The molecule has 0 aliphatic carbocycles. The Bertz CT molecular complexity index is 2760. The molecule has 0 radical (unpaired) electrons. The van der Waals surface area contributed by atoms with Crippen LogP contribution in [0.2, 0.25) is 0 Å². The molecule has 0 aromatic heterocycles. The molecule has 0 N–H and O–H groups in total. The monoisotopic (exact) mass is 668 g/mol. The number of hydrogen-bond donors (Lipinski definition) is 0. The lowest BCUT2D eigenvalue weighted by Crippen LogP contribution is -2.21. The van der Waals surface area contributed by atoms with Gasteiger partial charge >= 0.3 is 0 Å². The van der Waals surface area contributed by atoms with Gasteiger partial charge in [0.2, 0.25) is 0 Å². The molecule has 0 saturated heterocycles. The van der Waals surface area contributed by atoms with Crippen LogP contribution in [0, 0.1) is 5.82 Å². The van der Waals surface area contributed by atoms with Gasteiger partial charge in [-0.15, -0.1) is 0 Å². The molecule has 8 aromatic carbocycles. The highest BCUT2D eigenvalue weighted by Crippen LogP contribution is 2.55. The molecule has 0 fully saturated rings. The predicted octanol–water partition coefficient (Wildman–Crippen LogP) is 9.58. The third-order valence-electron chi connectivity index (χ3n) is 10.3. The normalized spacial score (nSPS) is 17.1. The van der Waals surface area contributed by atoms with Gasteiger partial charge in [0, 0.05) is 26.5 Å². The third kappa shape index (κ3) is 4.01. The van der Waals surface area contributed by atoms with Crippen LogP contribution in [0.15, 0.2) is 158 Å². The lowest BCUT2D eigenvalue weighted by molar-refractivity contribution is 0.592. The number of rotatable bonds is 3. The number of halogens is 1. The Labute approximate surface area is 283 Å². The van der Waals surface area contributed by atoms with E-state index in [2.05, 4.69) is 66.7 Å². The molecule has 0 amide bonds. The second-order valence-electron chi connectivity index (χ2n) is 12.8. The molecule has 49 heavy (non-hydrogen) atoms. The molecule has 5 heteroatoms. The molecule has 2 unspecified atom stereocenters. The second-order valence-corrected chi connectivity index (χ2v) is 17.3. The first kappa shape index (κ1) is 28.7. The van der Waals surface area contributed by atoms with Crippen molar-refractivity contribution in [2.24, 2.45) is 0 Å². The average molecular weight is 669 g/mol. The zero-order chi connectivity index (χ0) is 32.9. The molecule has 0 saturated carbocycles. The second kappa shape index (κ2) is 10.6. The minimum atomic E-state index is -3.35. The number of hydrogen-bond acceptors (Lipinski definition) is 2. The van der Waals surface area contributed by atoms with Gasteiger partial charge in [-0.05, 0) is 115 Å². The van der Waals surface area contributed by atoms with Crippen LogP contribution in [0.4, 0.5) is 4.39 Å². The van der Waals surface area contributed by atoms with Gasteiger partial charge in [-0.3, -0.25) is 0 Å². The molecule has 2 atom stereocenters. The summed E-state index contributed by atoms with van der Waals surface area (Å²) in [6.07, 6.45) is 0. The highest BCUT2D eigenvalue weighted by Gasteiger charge is 2.41. The lowest BCUT2D eigenvalue weighted by Gasteiger charge is -2.21. The molecule has 0 bridgehead atoms. The summed E-state index contributed by atoms with van der Waals surface area (Å²) in [6.45, 7) is 0. The topological polar surface area (TPSA) is 34.1 Å². The van der Waals surface area contributed by atoms with E-state index >= 15 is 4.57 Å². The maximum atomic E-state index is 15.7.